The molecule has 0 saturated carbocycles. The number of aromatic nitrogens is 4. The summed E-state index contributed by atoms with van der Waals surface area (Å²) in [5, 5.41) is 12.3. The number of imidazole rings is 1. The van der Waals surface area contributed by atoms with Crippen LogP contribution < -0.4 is 11.1 Å². The number of nitrogen functional groups attached to an aromatic ring is 1. The van der Waals surface area contributed by atoms with Gasteiger partial charge in [0.1, 0.15) is 23.1 Å². The fraction of sp³-hybridized carbons (Fsp3) is 0.143. The predicted octanol–water partition coefficient (Wildman–Crippen LogP) is 3.48. The summed E-state index contributed by atoms with van der Waals surface area (Å²) in [6.07, 6.45) is 1.63. The molecule has 2 aromatic carbocycles. The van der Waals surface area contributed by atoms with Crippen molar-refractivity contribution < 1.29 is 4.39 Å². The highest BCUT2D eigenvalue weighted by atomic mass is 19.1. The standard InChI is InChI=1S/C21H18FN7/c1-12-8-13(6-7-16(12)25-2)10-29-11-26-19-18(27-21(24)28-20(19)29)15-5-3-4-14(9-23)17(15)22/h3-8,11,25H,10H2,1-2H3,(H2,24,27,28). The SMILES string of the molecule is CNc1ccc(Cn2cnc3c(-c4cccc(C#N)c4F)nc(N)nc32)cc1C. The molecule has 4 aromatic rings. The van der Waals surface area contributed by atoms with Crippen molar-refractivity contribution in [2.24, 2.45) is 0 Å². The molecule has 0 saturated heterocycles. The van der Waals surface area contributed by atoms with Crippen molar-refractivity contribution in [3.8, 4) is 17.3 Å². The summed E-state index contributed by atoms with van der Waals surface area (Å²) in [5.41, 5.74) is 10.5. The van der Waals surface area contributed by atoms with Crippen LogP contribution in [0.5, 0.6) is 0 Å². The van der Waals surface area contributed by atoms with Crippen LogP contribution in [0.4, 0.5) is 16.0 Å². The molecule has 2 heterocycles. The van der Waals surface area contributed by atoms with Gasteiger partial charge in [0, 0.05) is 18.3 Å². The number of nitrogens with one attached hydrogen (secondary N) is 1. The third-order valence-corrected chi connectivity index (χ3v) is 4.77. The number of rotatable bonds is 4. The van der Waals surface area contributed by atoms with Gasteiger partial charge in [-0.3, -0.25) is 0 Å². The number of nitrogens with two attached hydrogens (primary N) is 1. The number of aryl methyl sites for hydroxylation is 1. The number of benzene rings is 2. The van der Waals surface area contributed by atoms with Crippen LogP contribution >= 0.6 is 0 Å². The molecular formula is C21H18FN7. The minimum absolute atomic E-state index is 0.0118. The summed E-state index contributed by atoms with van der Waals surface area (Å²) >= 11 is 0. The molecule has 3 N–H and O–H groups in total. The number of fused-ring (bicyclic) bond motifs is 1. The van der Waals surface area contributed by atoms with Crippen molar-refractivity contribution in [2.45, 2.75) is 13.5 Å². The second kappa shape index (κ2) is 7.20. The van der Waals surface area contributed by atoms with Gasteiger partial charge < -0.3 is 15.6 Å². The van der Waals surface area contributed by atoms with Crippen molar-refractivity contribution >= 4 is 22.8 Å². The van der Waals surface area contributed by atoms with E-state index in [1.54, 1.807) is 18.5 Å². The maximum atomic E-state index is 14.7. The average Bonchev–Trinajstić information content (AvgIpc) is 3.10. The zero-order chi connectivity index (χ0) is 20.5. The van der Waals surface area contributed by atoms with Crippen molar-refractivity contribution in [1.29, 1.82) is 5.26 Å². The van der Waals surface area contributed by atoms with Crippen LogP contribution in [0.3, 0.4) is 0 Å². The van der Waals surface area contributed by atoms with Crippen LogP contribution in [-0.4, -0.2) is 26.6 Å². The Morgan fingerprint density at radius 3 is 2.79 bits per heavy atom. The molecule has 0 aliphatic carbocycles. The maximum Gasteiger partial charge on any atom is 0.222 e. The van der Waals surface area contributed by atoms with Gasteiger partial charge in [-0.2, -0.15) is 10.2 Å². The van der Waals surface area contributed by atoms with Gasteiger partial charge in [0.2, 0.25) is 5.95 Å². The molecule has 29 heavy (non-hydrogen) atoms. The van der Waals surface area contributed by atoms with Crippen LogP contribution in [0.2, 0.25) is 0 Å². The molecule has 0 amide bonds. The van der Waals surface area contributed by atoms with Crippen LogP contribution in [0.15, 0.2) is 42.7 Å². The monoisotopic (exact) mass is 387 g/mol. The molecule has 0 aliphatic heterocycles. The Bertz CT molecular complexity index is 1270. The predicted molar refractivity (Wildman–Crippen MR) is 110 cm³/mol. The fourth-order valence-corrected chi connectivity index (χ4v) is 3.37. The average molecular weight is 387 g/mol. The van der Waals surface area contributed by atoms with E-state index in [9.17, 15) is 4.39 Å². The van der Waals surface area contributed by atoms with Gasteiger partial charge >= 0.3 is 0 Å². The van der Waals surface area contributed by atoms with Crippen LogP contribution in [0.1, 0.15) is 16.7 Å². The van der Waals surface area contributed by atoms with Gasteiger partial charge in [-0.1, -0.05) is 18.2 Å². The lowest BCUT2D eigenvalue weighted by atomic mass is 10.1. The summed E-state index contributed by atoms with van der Waals surface area (Å²) in [6, 6.07) is 12.5. The van der Waals surface area contributed by atoms with E-state index in [0.717, 1.165) is 16.8 Å². The number of nitriles is 1. The molecule has 0 atom stereocenters. The quantitative estimate of drug-likeness (QED) is 0.555. The largest absolute Gasteiger partial charge is 0.388 e. The second-order valence-electron chi connectivity index (χ2n) is 6.65. The highest BCUT2D eigenvalue weighted by Gasteiger charge is 2.18. The summed E-state index contributed by atoms with van der Waals surface area (Å²) in [7, 11) is 1.88. The van der Waals surface area contributed by atoms with Crippen molar-refractivity contribution in [3.63, 3.8) is 0 Å². The number of hydrogen-bond acceptors (Lipinski definition) is 6. The first-order valence-corrected chi connectivity index (χ1v) is 8.96. The molecule has 0 spiro atoms. The van der Waals surface area contributed by atoms with Crippen LogP contribution in [-0.2, 0) is 6.54 Å². The molecule has 0 bridgehead atoms. The van der Waals surface area contributed by atoms with Gasteiger partial charge in [0.15, 0.2) is 5.65 Å². The second-order valence-corrected chi connectivity index (χ2v) is 6.65. The van der Waals surface area contributed by atoms with Crippen LogP contribution in [0.25, 0.3) is 22.4 Å². The smallest absolute Gasteiger partial charge is 0.222 e. The van der Waals surface area contributed by atoms with E-state index in [1.807, 2.05) is 36.7 Å². The Balaban J connectivity index is 1.82. The van der Waals surface area contributed by atoms with E-state index in [2.05, 4.69) is 26.3 Å². The normalized spacial score (nSPS) is 10.8. The molecule has 0 unspecified atom stereocenters. The Morgan fingerprint density at radius 1 is 1.24 bits per heavy atom. The number of anilines is 2. The van der Waals surface area contributed by atoms with E-state index in [4.69, 9.17) is 11.0 Å². The molecule has 8 heteroatoms. The zero-order valence-electron chi connectivity index (χ0n) is 15.9. The zero-order valence-corrected chi connectivity index (χ0v) is 15.9. The Morgan fingerprint density at radius 2 is 2.07 bits per heavy atom. The van der Waals surface area contributed by atoms with Crippen LogP contribution in [0, 0.1) is 24.1 Å². The van der Waals surface area contributed by atoms with Crippen molar-refractivity contribution in [2.75, 3.05) is 18.1 Å². The molecule has 144 valence electrons. The van der Waals surface area contributed by atoms with Gasteiger partial charge in [-0.25, -0.2) is 14.4 Å². The molecule has 2 aromatic heterocycles. The number of halogens is 1. The van der Waals surface area contributed by atoms with E-state index < -0.39 is 5.82 Å². The highest BCUT2D eigenvalue weighted by molar-refractivity contribution is 5.88. The third kappa shape index (κ3) is 3.23. The van der Waals surface area contributed by atoms with Crippen molar-refractivity contribution in [1.82, 2.24) is 19.5 Å². The number of nitrogens with zero attached hydrogens (tertiary/aromatic N) is 5. The molecule has 0 aliphatic rings. The van der Waals surface area contributed by atoms with E-state index >= 15 is 0 Å². The molecule has 7 nitrogen and oxygen atoms in total. The Hall–Kier alpha value is -3.99. The van der Waals surface area contributed by atoms with Gasteiger partial charge in [-0.15, -0.1) is 0 Å². The van der Waals surface area contributed by atoms with E-state index in [0.29, 0.717) is 17.7 Å². The lowest BCUT2D eigenvalue weighted by Crippen LogP contribution is -2.04. The van der Waals surface area contributed by atoms with E-state index in [1.165, 1.54) is 6.07 Å². The molecule has 4 rings (SSSR count). The summed E-state index contributed by atoms with van der Waals surface area (Å²) < 4.78 is 16.6. The Kier molecular flexibility index (Phi) is 4.56. The Labute approximate surface area is 166 Å². The van der Waals surface area contributed by atoms with Gasteiger partial charge in [0.05, 0.1) is 18.4 Å². The molecule has 0 fully saturated rings. The van der Waals surface area contributed by atoms with E-state index in [-0.39, 0.29) is 22.8 Å². The lowest BCUT2D eigenvalue weighted by Gasteiger charge is -2.10. The van der Waals surface area contributed by atoms with Crippen molar-refractivity contribution in [3.05, 3.63) is 65.2 Å². The molecule has 0 radical (unpaired) electrons. The first kappa shape index (κ1) is 18.4. The van der Waals surface area contributed by atoms with Gasteiger partial charge in [-0.05, 0) is 36.2 Å². The number of hydrogen-bond donors (Lipinski definition) is 2. The first-order chi connectivity index (χ1) is 14.0. The van der Waals surface area contributed by atoms with Gasteiger partial charge in [0.25, 0.3) is 0 Å². The fourth-order valence-electron chi connectivity index (χ4n) is 3.37. The molecular weight excluding hydrogens is 369 g/mol. The summed E-state index contributed by atoms with van der Waals surface area (Å²) in [5.74, 6) is -0.639. The summed E-state index contributed by atoms with van der Waals surface area (Å²) in [6.45, 7) is 2.56. The minimum atomic E-state index is -0.651. The third-order valence-electron chi connectivity index (χ3n) is 4.77. The summed E-state index contributed by atoms with van der Waals surface area (Å²) in [4.78, 5) is 12.9. The topological polar surface area (TPSA) is 105 Å². The minimum Gasteiger partial charge on any atom is -0.388 e. The first-order valence-electron chi connectivity index (χ1n) is 8.96. The lowest BCUT2D eigenvalue weighted by molar-refractivity contribution is 0.627. The maximum absolute atomic E-state index is 14.7. The highest BCUT2D eigenvalue weighted by Crippen LogP contribution is 2.29.